The van der Waals surface area contributed by atoms with Gasteiger partial charge in [-0.25, -0.2) is 14.8 Å². The van der Waals surface area contributed by atoms with Gasteiger partial charge in [0.1, 0.15) is 17.2 Å². The van der Waals surface area contributed by atoms with Crippen LogP contribution in [0.1, 0.15) is 33.9 Å². The lowest BCUT2D eigenvalue weighted by molar-refractivity contribution is 0.0697. The van der Waals surface area contributed by atoms with Crippen molar-refractivity contribution in [3.05, 3.63) is 41.1 Å². The molecule has 0 saturated carbocycles. The zero-order valence-electron chi connectivity index (χ0n) is 11.3. The van der Waals surface area contributed by atoms with E-state index in [-0.39, 0.29) is 5.56 Å². The highest BCUT2D eigenvalue weighted by Gasteiger charge is 2.19. The summed E-state index contributed by atoms with van der Waals surface area (Å²) in [5, 5.41) is 12.4. The molecule has 0 spiro atoms. The van der Waals surface area contributed by atoms with Crippen LogP contribution in [0.3, 0.4) is 0 Å². The highest BCUT2D eigenvalue weighted by atomic mass is 16.4. The van der Waals surface area contributed by atoms with Crippen LogP contribution in [0, 0.1) is 0 Å². The zero-order valence-corrected chi connectivity index (χ0v) is 11.3. The quantitative estimate of drug-likeness (QED) is 0.884. The van der Waals surface area contributed by atoms with Crippen molar-refractivity contribution in [3.63, 3.8) is 0 Å². The average molecular weight is 272 g/mol. The normalized spacial score (nSPS) is 13.2. The Morgan fingerprint density at radius 3 is 3.05 bits per heavy atom. The Kier molecular flexibility index (Phi) is 3.14. The topological polar surface area (TPSA) is 80.0 Å². The summed E-state index contributed by atoms with van der Waals surface area (Å²) < 4.78 is 1.89. The van der Waals surface area contributed by atoms with Gasteiger partial charge in [-0.15, -0.1) is 0 Å². The first-order valence-corrected chi connectivity index (χ1v) is 6.61. The molecular weight excluding hydrogens is 256 g/mol. The molecule has 2 aromatic rings. The number of carboxylic acids is 1. The van der Waals surface area contributed by atoms with E-state index in [1.54, 1.807) is 12.3 Å². The summed E-state index contributed by atoms with van der Waals surface area (Å²) in [5.74, 6) is 0.319. The van der Waals surface area contributed by atoms with Crippen molar-refractivity contribution in [1.82, 2.24) is 14.5 Å². The monoisotopic (exact) mass is 272 g/mol. The van der Waals surface area contributed by atoms with E-state index in [1.165, 1.54) is 0 Å². The van der Waals surface area contributed by atoms with Crippen molar-refractivity contribution >= 4 is 11.8 Å². The van der Waals surface area contributed by atoms with Gasteiger partial charge in [-0.2, -0.15) is 0 Å². The van der Waals surface area contributed by atoms with Gasteiger partial charge in [0.15, 0.2) is 0 Å². The standard InChI is InChI=1S/C14H16N4O2/c1-18-6-5-15-12(18)8-16-13-10(14(19)20)7-9-3-2-4-11(9)17-13/h5-7H,2-4,8H2,1H3,(H,16,17)(H,19,20). The molecule has 3 rings (SSSR count). The molecule has 0 aliphatic heterocycles. The molecule has 0 fully saturated rings. The summed E-state index contributed by atoms with van der Waals surface area (Å²) in [5.41, 5.74) is 2.31. The summed E-state index contributed by atoms with van der Waals surface area (Å²) in [6.07, 6.45) is 6.45. The Bertz CT molecular complexity index is 663. The van der Waals surface area contributed by atoms with Gasteiger partial charge in [-0.3, -0.25) is 0 Å². The Labute approximate surface area is 116 Å². The third kappa shape index (κ3) is 2.24. The average Bonchev–Trinajstić information content (AvgIpc) is 3.03. The lowest BCUT2D eigenvalue weighted by Gasteiger charge is -2.11. The largest absolute Gasteiger partial charge is 0.478 e. The third-order valence-corrected chi connectivity index (χ3v) is 3.62. The number of aromatic nitrogens is 3. The van der Waals surface area contributed by atoms with E-state index in [0.29, 0.717) is 12.4 Å². The number of nitrogens with zero attached hydrogens (tertiary/aromatic N) is 3. The van der Waals surface area contributed by atoms with Gasteiger partial charge >= 0.3 is 5.97 Å². The Morgan fingerprint density at radius 1 is 1.50 bits per heavy atom. The minimum atomic E-state index is -0.949. The van der Waals surface area contributed by atoms with Crippen molar-refractivity contribution in [2.45, 2.75) is 25.8 Å². The number of hydrogen-bond donors (Lipinski definition) is 2. The molecule has 0 atom stereocenters. The lowest BCUT2D eigenvalue weighted by atomic mass is 10.1. The van der Waals surface area contributed by atoms with E-state index in [9.17, 15) is 9.90 Å². The zero-order chi connectivity index (χ0) is 14.1. The fraction of sp³-hybridized carbons (Fsp3) is 0.357. The molecule has 104 valence electrons. The van der Waals surface area contributed by atoms with E-state index >= 15 is 0 Å². The second-order valence-corrected chi connectivity index (χ2v) is 4.96. The van der Waals surface area contributed by atoms with E-state index in [2.05, 4.69) is 15.3 Å². The number of carboxylic acid groups (broad SMARTS) is 1. The number of pyridine rings is 1. The van der Waals surface area contributed by atoms with Crippen LogP contribution in [-0.4, -0.2) is 25.6 Å². The highest BCUT2D eigenvalue weighted by Crippen LogP contribution is 2.25. The van der Waals surface area contributed by atoms with Crippen LogP contribution in [0.2, 0.25) is 0 Å². The Balaban J connectivity index is 1.88. The van der Waals surface area contributed by atoms with Crippen molar-refractivity contribution < 1.29 is 9.90 Å². The third-order valence-electron chi connectivity index (χ3n) is 3.62. The fourth-order valence-corrected chi connectivity index (χ4v) is 2.50. The molecule has 0 saturated heterocycles. The Hall–Kier alpha value is -2.37. The SMILES string of the molecule is Cn1ccnc1CNc1nc2c(cc1C(=O)O)CCC2. The second-order valence-electron chi connectivity index (χ2n) is 4.96. The van der Waals surface area contributed by atoms with E-state index in [0.717, 1.165) is 36.3 Å². The van der Waals surface area contributed by atoms with E-state index in [1.807, 2.05) is 17.8 Å². The summed E-state index contributed by atoms with van der Waals surface area (Å²) in [6.45, 7) is 0.454. The summed E-state index contributed by atoms with van der Waals surface area (Å²) >= 11 is 0. The van der Waals surface area contributed by atoms with Gasteiger partial charge in [-0.05, 0) is 30.9 Å². The molecule has 20 heavy (non-hydrogen) atoms. The van der Waals surface area contributed by atoms with E-state index in [4.69, 9.17) is 0 Å². The molecule has 1 aliphatic carbocycles. The molecule has 2 aromatic heterocycles. The smallest absolute Gasteiger partial charge is 0.339 e. The predicted octanol–water partition coefficient (Wildman–Crippen LogP) is 1.61. The van der Waals surface area contributed by atoms with Crippen LogP contribution >= 0.6 is 0 Å². The Morgan fingerprint density at radius 2 is 2.35 bits per heavy atom. The predicted molar refractivity (Wildman–Crippen MR) is 73.8 cm³/mol. The second kappa shape index (κ2) is 4.96. The number of carbonyl (C=O) groups is 1. The number of imidazole rings is 1. The van der Waals surface area contributed by atoms with Crippen molar-refractivity contribution in [2.75, 3.05) is 5.32 Å². The van der Waals surface area contributed by atoms with Crippen molar-refractivity contribution in [2.24, 2.45) is 7.05 Å². The number of hydrogen-bond acceptors (Lipinski definition) is 4. The minimum Gasteiger partial charge on any atom is -0.478 e. The maximum atomic E-state index is 11.3. The number of rotatable bonds is 4. The maximum absolute atomic E-state index is 11.3. The molecule has 0 aromatic carbocycles. The maximum Gasteiger partial charge on any atom is 0.339 e. The molecule has 6 heteroatoms. The number of aromatic carboxylic acids is 1. The van der Waals surface area contributed by atoms with Crippen LogP contribution in [-0.2, 0) is 26.4 Å². The molecule has 6 nitrogen and oxygen atoms in total. The van der Waals surface area contributed by atoms with E-state index < -0.39 is 5.97 Å². The van der Waals surface area contributed by atoms with Crippen LogP contribution in [0.15, 0.2) is 18.5 Å². The van der Waals surface area contributed by atoms with Crippen LogP contribution in [0.5, 0.6) is 0 Å². The molecule has 0 radical (unpaired) electrons. The van der Waals surface area contributed by atoms with Gasteiger partial charge in [0, 0.05) is 25.1 Å². The molecule has 0 amide bonds. The van der Waals surface area contributed by atoms with Gasteiger partial charge in [0.2, 0.25) is 0 Å². The summed E-state index contributed by atoms with van der Waals surface area (Å²) in [6, 6.07) is 1.75. The first-order valence-electron chi connectivity index (χ1n) is 6.61. The van der Waals surface area contributed by atoms with Gasteiger partial charge < -0.3 is 15.0 Å². The number of nitrogens with one attached hydrogen (secondary N) is 1. The summed E-state index contributed by atoms with van der Waals surface area (Å²) in [7, 11) is 1.90. The van der Waals surface area contributed by atoms with Crippen LogP contribution < -0.4 is 5.32 Å². The number of anilines is 1. The van der Waals surface area contributed by atoms with Crippen LogP contribution in [0.4, 0.5) is 5.82 Å². The highest BCUT2D eigenvalue weighted by molar-refractivity contribution is 5.93. The number of fused-ring (bicyclic) bond motifs is 1. The van der Waals surface area contributed by atoms with Crippen molar-refractivity contribution in [1.29, 1.82) is 0 Å². The minimum absolute atomic E-state index is 0.236. The molecular formula is C14H16N4O2. The first-order chi connectivity index (χ1) is 9.65. The van der Waals surface area contributed by atoms with Gasteiger partial charge in [0.25, 0.3) is 0 Å². The van der Waals surface area contributed by atoms with Gasteiger partial charge in [-0.1, -0.05) is 0 Å². The molecule has 2 N–H and O–H groups in total. The fourth-order valence-electron chi connectivity index (χ4n) is 2.50. The molecule has 2 heterocycles. The first kappa shape index (κ1) is 12.7. The lowest BCUT2D eigenvalue weighted by Crippen LogP contribution is -2.12. The number of aryl methyl sites for hydroxylation is 3. The van der Waals surface area contributed by atoms with Gasteiger partial charge in [0.05, 0.1) is 6.54 Å². The molecule has 0 unspecified atom stereocenters. The van der Waals surface area contributed by atoms with Crippen LogP contribution in [0.25, 0.3) is 0 Å². The molecule has 1 aliphatic rings. The van der Waals surface area contributed by atoms with Crippen molar-refractivity contribution in [3.8, 4) is 0 Å². The summed E-state index contributed by atoms with van der Waals surface area (Å²) in [4.78, 5) is 20.0. The molecule has 0 bridgehead atoms.